The lowest BCUT2D eigenvalue weighted by molar-refractivity contribution is 0.0285. The van der Waals surface area contributed by atoms with Gasteiger partial charge in [-0.05, 0) is 44.0 Å². The van der Waals surface area contributed by atoms with Gasteiger partial charge in [-0.2, -0.15) is 0 Å². The number of anilines is 1. The van der Waals surface area contributed by atoms with Gasteiger partial charge in [-0.25, -0.2) is 0 Å². The molecule has 0 unspecified atom stereocenters. The van der Waals surface area contributed by atoms with Crippen molar-refractivity contribution in [2.45, 2.75) is 25.9 Å². The maximum absolute atomic E-state index is 9.58. The number of benzene rings is 1. The van der Waals surface area contributed by atoms with Crippen LogP contribution in [0.3, 0.4) is 0 Å². The highest BCUT2D eigenvalue weighted by molar-refractivity contribution is 5.59. The second kappa shape index (κ2) is 3.98. The third-order valence-corrected chi connectivity index (χ3v) is 2.77. The molecule has 0 aromatic heterocycles. The van der Waals surface area contributed by atoms with E-state index in [2.05, 4.69) is 24.1 Å². The summed E-state index contributed by atoms with van der Waals surface area (Å²) in [5.41, 5.74) is 1.84. The average molecular weight is 221 g/mol. The minimum Gasteiger partial charge on any atom is -0.491 e. The minimum absolute atomic E-state index is 0.321. The summed E-state index contributed by atoms with van der Waals surface area (Å²) in [5.74, 6) is 0.844. The van der Waals surface area contributed by atoms with Crippen LogP contribution < -0.4 is 9.64 Å². The summed E-state index contributed by atoms with van der Waals surface area (Å²) in [6.45, 7) is 4.88. The van der Waals surface area contributed by atoms with E-state index in [1.54, 1.807) is 13.8 Å². The zero-order valence-electron chi connectivity index (χ0n) is 10.2. The van der Waals surface area contributed by atoms with E-state index in [1.165, 1.54) is 11.3 Å². The van der Waals surface area contributed by atoms with Crippen LogP contribution in [0.5, 0.6) is 5.75 Å². The zero-order valence-corrected chi connectivity index (χ0v) is 10.2. The van der Waals surface area contributed by atoms with Gasteiger partial charge >= 0.3 is 0 Å². The number of hydrogen-bond donors (Lipinski definition) is 1. The lowest BCUT2D eigenvalue weighted by Crippen LogP contribution is -2.27. The van der Waals surface area contributed by atoms with E-state index in [0.717, 1.165) is 18.7 Å². The largest absolute Gasteiger partial charge is 0.491 e. The quantitative estimate of drug-likeness (QED) is 0.845. The van der Waals surface area contributed by atoms with Crippen LogP contribution in [0.1, 0.15) is 19.4 Å². The molecular weight excluding hydrogens is 202 g/mol. The first kappa shape index (κ1) is 11.3. The van der Waals surface area contributed by atoms with E-state index in [-0.39, 0.29) is 0 Å². The average Bonchev–Trinajstić information content (AvgIpc) is 2.56. The van der Waals surface area contributed by atoms with Crippen LogP contribution in [0, 0.1) is 0 Å². The summed E-state index contributed by atoms with van der Waals surface area (Å²) in [6.07, 6.45) is 1.07. The summed E-state index contributed by atoms with van der Waals surface area (Å²) in [4.78, 5) is 2.25. The number of likely N-dealkylation sites (N-methyl/N-ethyl adjacent to an activating group) is 1. The lowest BCUT2D eigenvalue weighted by Gasteiger charge is -2.18. The third kappa shape index (κ3) is 2.47. The van der Waals surface area contributed by atoms with Gasteiger partial charge in [0.1, 0.15) is 12.4 Å². The first-order chi connectivity index (χ1) is 7.46. The summed E-state index contributed by atoms with van der Waals surface area (Å²) >= 11 is 0. The molecule has 1 aromatic carbocycles. The molecule has 3 heteroatoms. The minimum atomic E-state index is -0.782. The van der Waals surface area contributed by atoms with E-state index in [1.807, 2.05) is 6.07 Å². The predicted molar refractivity (Wildman–Crippen MR) is 65.2 cm³/mol. The Morgan fingerprint density at radius 1 is 1.44 bits per heavy atom. The van der Waals surface area contributed by atoms with E-state index in [0.29, 0.717) is 6.61 Å². The molecule has 16 heavy (non-hydrogen) atoms. The van der Waals surface area contributed by atoms with Crippen LogP contribution in [-0.4, -0.2) is 30.9 Å². The fourth-order valence-corrected chi connectivity index (χ4v) is 1.89. The molecule has 0 saturated carbocycles. The highest BCUT2D eigenvalue weighted by Crippen LogP contribution is 2.30. The fraction of sp³-hybridized carbons (Fsp3) is 0.538. The van der Waals surface area contributed by atoms with E-state index in [4.69, 9.17) is 4.74 Å². The van der Waals surface area contributed by atoms with Crippen molar-refractivity contribution in [1.29, 1.82) is 0 Å². The molecule has 1 heterocycles. The number of hydrogen-bond acceptors (Lipinski definition) is 3. The van der Waals surface area contributed by atoms with Crippen molar-refractivity contribution in [3.8, 4) is 5.75 Å². The van der Waals surface area contributed by atoms with Gasteiger partial charge in [-0.15, -0.1) is 0 Å². The molecule has 0 amide bonds. The SMILES string of the molecule is CN1CCc2cc(OCC(C)(C)O)ccc21. The van der Waals surface area contributed by atoms with Crippen LogP contribution >= 0.6 is 0 Å². The number of ether oxygens (including phenoxy) is 1. The molecule has 0 bridgehead atoms. The van der Waals surface area contributed by atoms with Gasteiger partial charge in [0.05, 0.1) is 5.60 Å². The molecule has 1 aliphatic heterocycles. The van der Waals surface area contributed by atoms with Crippen molar-refractivity contribution in [1.82, 2.24) is 0 Å². The van der Waals surface area contributed by atoms with E-state index in [9.17, 15) is 5.11 Å². The second-order valence-electron chi connectivity index (χ2n) is 5.06. The smallest absolute Gasteiger partial charge is 0.119 e. The van der Waals surface area contributed by atoms with E-state index < -0.39 is 5.60 Å². The number of aliphatic hydroxyl groups is 1. The lowest BCUT2D eigenvalue weighted by atomic mass is 10.1. The van der Waals surface area contributed by atoms with Crippen molar-refractivity contribution >= 4 is 5.69 Å². The summed E-state index contributed by atoms with van der Waals surface area (Å²) < 4.78 is 5.56. The molecule has 0 atom stereocenters. The molecule has 0 spiro atoms. The normalized spacial score (nSPS) is 15.1. The van der Waals surface area contributed by atoms with Gasteiger partial charge in [0.25, 0.3) is 0 Å². The Kier molecular flexibility index (Phi) is 2.80. The van der Waals surface area contributed by atoms with Crippen molar-refractivity contribution in [2.24, 2.45) is 0 Å². The van der Waals surface area contributed by atoms with Gasteiger partial charge in [0.2, 0.25) is 0 Å². The van der Waals surface area contributed by atoms with Crippen LogP contribution in [0.25, 0.3) is 0 Å². The van der Waals surface area contributed by atoms with Crippen molar-refractivity contribution in [3.63, 3.8) is 0 Å². The third-order valence-electron chi connectivity index (χ3n) is 2.77. The van der Waals surface area contributed by atoms with Crippen LogP contribution in [0.15, 0.2) is 18.2 Å². The highest BCUT2D eigenvalue weighted by Gasteiger charge is 2.17. The summed E-state index contributed by atoms with van der Waals surface area (Å²) in [5, 5.41) is 9.58. The Morgan fingerprint density at radius 3 is 2.88 bits per heavy atom. The van der Waals surface area contributed by atoms with Gasteiger partial charge in [-0.1, -0.05) is 0 Å². The molecule has 0 aliphatic carbocycles. The molecule has 1 aliphatic rings. The maximum Gasteiger partial charge on any atom is 0.119 e. The Labute approximate surface area is 96.6 Å². The predicted octanol–water partition coefficient (Wildman–Crippen LogP) is 1.83. The summed E-state index contributed by atoms with van der Waals surface area (Å²) in [7, 11) is 2.10. The molecule has 2 rings (SSSR count). The Morgan fingerprint density at radius 2 is 2.19 bits per heavy atom. The van der Waals surface area contributed by atoms with Crippen LogP contribution in [0.4, 0.5) is 5.69 Å². The molecule has 1 N–H and O–H groups in total. The number of rotatable bonds is 3. The summed E-state index contributed by atoms with van der Waals surface area (Å²) in [6, 6.07) is 6.12. The maximum atomic E-state index is 9.58. The van der Waals surface area contributed by atoms with Crippen molar-refractivity contribution < 1.29 is 9.84 Å². The molecule has 88 valence electrons. The molecule has 1 aromatic rings. The fourth-order valence-electron chi connectivity index (χ4n) is 1.89. The Balaban J connectivity index is 2.08. The first-order valence-corrected chi connectivity index (χ1v) is 5.65. The number of nitrogens with zero attached hydrogens (tertiary/aromatic N) is 1. The monoisotopic (exact) mass is 221 g/mol. The molecule has 0 fully saturated rings. The topological polar surface area (TPSA) is 32.7 Å². The second-order valence-corrected chi connectivity index (χ2v) is 5.06. The van der Waals surface area contributed by atoms with Crippen LogP contribution in [0.2, 0.25) is 0 Å². The van der Waals surface area contributed by atoms with Gasteiger partial charge in [0.15, 0.2) is 0 Å². The van der Waals surface area contributed by atoms with Gasteiger partial charge in [-0.3, -0.25) is 0 Å². The molecule has 0 radical (unpaired) electrons. The van der Waals surface area contributed by atoms with Gasteiger partial charge in [0, 0.05) is 19.3 Å². The van der Waals surface area contributed by atoms with Crippen LogP contribution in [-0.2, 0) is 6.42 Å². The first-order valence-electron chi connectivity index (χ1n) is 5.65. The van der Waals surface area contributed by atoms with Crippen molar-refractivity contribution in [2.75, 3.05) is 25.1 Å². The molecular formula is C13H19NO2. The van der Waals surface area contributed by atoms with Gasteiger partial charge < -0.3 is 14.7 Å². The number of fused-ring (bicyclic) bond motifs is 1. The molecule has 0 saturated heterocycles. The Bertz CT molecular complexity index is 382. The van der Waals surface area contributed by atoms with E-state index >= 15 is 0 Å². The van der Waals surface area contributed by atoms with Crippen molar-refractivity contribution in [3.05, 3.63) is 23.8 Å². The molecule has 3 nitrogen and oxygen atoms in total. The Hall–Kier alpha value is -1.22. The standard InChI is InChI=1S/C13H19NO2/c1-13(2,15)9-16-11-4-5-12-10(8-11)6-7-14(12)3/h4-5,8,15H,6-7,9H2,1-3H3. The zero-order chi connectivity index (χ0) is 11.8. The highest BCUT2D eigenvalue weighted by atomic mass is 16.5.